The van der Waals surface area contributed by atoms with Crippen molar-refractivity contribution in [2.45, 2.75) is 32.7 Å². The second-order valence-electron chi connectivity index (χ2n) is 7.72. The van der Waals surface area contributed by atoms with Crippen molar-refractivity contribution in [3.05, 3.63) is 69.3 Å². The maximum atomic E-state index is 13.1. The Morgan fingerprint density at radius 1 is 0.962 bits per heavy atom. The highest BCUT2D eigenvalue weighted by molar-refractivity contribution is 6.36. The molecule has 1 aliphatic heterocycles. The van der Waals surface area contributed by atoms with Crippen LogP contribution in [0.3, 0.4) is 0 Å². The molecule has 0 saturated carbocycles. The Balaban J connectivity index is 1.95. The SMILES string of the molecule is CC1(C)CC(=O)C2=C(C1)Nc1ccccc1NC2c1c(Cl)cccc1Cl. The van der Waals surface area contributed by atoms with E-state index in [0.717, 1.165) is 34.6 Å². The minimum absolute atomic E-state index is 0.0863. The molecule has 0 fully saturated rings. The summed E-state index contributed by atoms with van der Waals surface area (Å²) in [5, 5.41) is 8.11. The number of carbonyl (C=O) groups excluding carboxylic acids is 1. The summed E-state index contributed by atoms with van der Waals surface area (Å²) in [4.78, 5) is 13.1. The maximum absolute atomic E-state index is 13.1. The van der Waals surface area contributed by atoms with E-state index < -0.39 is 0 Å². The van der Waals surface area contributed by atoms with Crippen molar-refractivity contribution in [2.75, 3.05) is 10.6 Å². The van der Waals surface area contributed by atoms with E-state index in [-0.39, 0.29) is 17.2 Å². The van der Waals surface area contributed by atoms with Crippen LogP contribution in [0.4, 0.5) is 11.4 Å². The smallest absolute Gasteiger partial charge is 0.163 e. The molecule has 0 spiro atoms. The molecule has 0 radical (unpaired) electrons. The average molecular weight is 387 g/mol. The fourth-order valence-corrected chi connectivity index (χ4v) is 4.51. The topological polar surface area (TPSA) is 41.1 Å². The number of halogens is 2. The average Bonchev–Trinajstić information content (AvgIpc) is 2.70. The van der Waals surface area contributed by atoms with E-state index >= 15 is 0 Å². The summed E-state index contributed by atoms with van der Waals surface area (Å²) in [6.07, 6.45) is 1.30. The van der Waals surface area contributed by atoms with Gasteiger partial charge in [0.25, 0.3) is 0 Å². The van der Waals surface area contributed by atoms with E-state index in [1.54, 1.807) is 0 Å². The predicted molar refractivity (Wildman–Crippen MR) is 108 cm³/mol. The second-order valence-corrected chi connectivity index (χ2v) is 8.53. The van der Waals surface area contributed by atoms with Crippen LogP contribution in [0.5, 0.6) is 0 Å². The Bertz CT molecular complexity index is 913. The first kappa shape index (κ1) is 17.4. The highest BCUT2D eigenvalue weighted by Gasteiger charge is 2.39. The molecule has 2 aromatic rings. The number of para-hydroxylation sites is 2. The van der Waals surface area contributed by atoms with Crippen molar-refractivity contribution in [1.82, 2.24) is 0 Å². The van der Waals surface area contributed by atoms with Crippen LogP contribution in [0, 0.1) is 5.41 Å². The lowest BCUT2D eigenvalue weighted by Crippen LogP contribution is -2.31. The third-order valence-electron chi connectivity index (χ3n) is 5.01. The van der Waals surface area contributed by atoms with Gasteiger partial charge in [0.05, 0.1) is 17.4 Å². The fourth-order valence-electron chi connectivity index (χ4n) is 3.89. The van der Waals surface area contributed by atoms with Gasteiger partial charge in [0.15, 0.2) is 5.78 Å². The second kappa shape index (κ2) is 6.33. The molecule has 0 bridgehead atoms. The van der Waals surface area contributed by atoms with Crippen LogP contribution in [0.2, 0.25) is 10.0 Å². The number of allylic oxidation sites excluding steroid dienone is 1. The molecule has 2 N–H and O–H groups in total. The number of fused-ring (bicyclic) bond motifs is 1. The molecule has 1 aliphatic carbocycles. The molecule has 134 valence electrons. The number of ketones is 1. The van der Waals surface area contributed by atoms with Crippen LogP contribution in [-0.2, 0) is 4.79 Å². The van der Waals surface area contributed by atoms with Crippen LogP contribution in [0.1, 0.15) is 38.3 Å². The molecule has 1 unspecified atom stereocenters. The number of anilines is 2. The molecule has 4 rings (SSSR count). The van der Waals surface area contributed by atoms with E-state index in [1.807, 2.05) is 42.5 Å². The quantitative estimate of drug-likeness (QED) is 0.611. The number of Topliss-reactive ketones (excluding diaryl/α,β-unsaturated/α-hetero) is 1. The molecular weight excluding hydrogens is 367 g/mol. The van der Waals surface area contributed by atoms with Crippen LogP contribution in [-0.4, -0.2) is 5.78 Å². The van der Waals surface area contributed by atoms with E-state index in [1.165, 1.54) is 0 Å². The van der Waals surface area contributed by atoms with Gasteiger partial charge < -0.3 is 10.6 Å². The minimum atomic E-state index is -0.383. The van der Waals surface area contributed by atoms with E-state index in [9.17, 15) is 4.79 Å². The molecule has 0 saturated heterocycles. The molecule has 2 aromatic carbocycles. The van der Waals surface area contributed by atoms with E-state index in [2.05, 4.69) is 24.5 Å². The fraction of sp³-hybridized carbons (Fsp3) is 0.286. The Labute approximate surface area is 163 Å². The van der Waals surface area contributed by atoms with Crippen molar-refractivity contribution < 1.29 is 4.79 Å². The number of hydrogen-bond donors (Lipinski definition) is 2. The van der Waals surface area contributed by atoms with Gasteiger partial charge in [-0.2, -0.15) is 0 Å². The molecule has 2 aliphatic rings. The van der Waals surface area contributed by atoms with Crippen LogP contribution in [0.15, 0.2) is 53.7 Å². The van der Waals surface area contributed by atoms with Crippen molar-refractivity contribution in [2.24, 2.45) is 5.41 Å². The number of benzene rings is 2. The lowest BCUT2D eigenvalue weighted by atomic mass is 9.73. The van der Waals surface area contributed by atoms with E-state index in [4.69, 9.17) is 23.2 Å². The molecule has 1 atom stereocenters. The summed E-state index contributed by atoms with van der Waals surface area (Å²) in [6.45, 7) is 4.25. The Morgan fingerprint density at radius 3 is 2.31 bits per heavy atom. The standard InChI is InChI=1S/C21H20Cl2N2O/c1-21(2)10-16-19(17(26)11-21)20(18-12(22)6-5-7-13(18)23)25-15-9-4-3-8-14(15)24-16/h3-9,20,24-25H,10-11H2,1-2H3. The molecule has 1 heterocycles. The van der Waals surface area contributed by atoms with Gasteiger partial charge in [-0.1, -0.05) is 55.2 Å². The van der Waals surface area contributed by atoms with Gasteiger partial charge in [0.2, 0.25) is 0 Å². The Kier molecular flexibility index (Phi) is 4.25. The van der Waals surface area contributed by atoms with Gasteiger partial charge in [0, 0.05) is 33.3 Å². The molecule has 5 heteroatoms. The molecule has 26 heavy (non-hydrogen) atoms. The zero-order chi connectivity index (χ0) is 18.5. The molecule has 0 amide bonds. The third kappa shape index (κ3) is 3.00. The van der Waals surface area contributed by atoms with Crippen LogP contribution in [0.25, 0.3) is 0 Å². The zero-order valence-corrected chi connectivity index (χ0v) is 16.2. The monoisotopic (exact) mass is 386 g/mol. The highest BCUT2D eigenvalue weighted by Crippen LogP contribution is 2.47. The van der Waals surface area contributed by atoms with Crippen LogP contribution >= 0.6 is 23.2 Å². The summed E-state index contributed by atoms with van der Waals surface area (Å²) < 4.78 is 0. The number of hydrogen-bond acceptors (Lipinski definition) is 3. The summed E-state index contributed by atoms with van der Waals surface area (Å²) in [5.74, 6) is 0.130. The predicted octanol–water partition coefficient (Wildman–Crippen LogP) is 6.22. The lowest BCUT2D eigenvalue weighted by Gasteiger charge is -2.34. The number of rotatable bonds is 1. The summed E-state index contributed by atoms with van der Waals surface area (Å²) in [6, 6.07) is 13.0. The highest BCUT2D eigenvalue weighted by atomic mass is 35.5. The first-order chi connectivity index (χ1) is 12.4. The summed E-state index contributed by atoms with van der Waals surface area (Å²) in [7, 11) is 0. The Hall–Kier alpha value is -1.97. The van der Waals surface area contributed by atoms with Gasteiger partial charge >= 0.3 is 0 Å². The van der Waals surface area contributed by atoms with Crippen molar-refractivity contribution >= 4 is 40.4 Å². The summed E-state index contributed by atoms with van der Waals surface area (Å²) >= 11 is 13.0. The van der Waals surface area contributed by atoms with Gasteiger partial charge in [-0.15, -0.1) is 0 Å². The largest absolute Gasteiger partial charge is 0.372 e. The van der Waals surface area contributed by atoms with Gasteiger partial charge in [-0.05, 0) is 36.1 Å². The Morgan fingerprint density at radius 2 is 1.62 bits per heavy atom. The van der Waals surface area contributed by atoms with Gasteiger partial charge in [-0.25, -0.2) is 0 Å². The van der Waals surface area contributed by atoms with Crippen molar-refractivity contribution in [3.63, 3.8) is 0 Å². The van der Waals surface area contributed by atoms with Gasteiger partial charge in [-0.3, -0.25) is 4.79 Å². The zero-order valence-electron chi connectivity index (χ0n) is 14.7. The molecule has 3 nitrogen and oxygen atoms in total. The lowest BCUT2D eigenvalue weighted by molar-refractivity contribution is -0.118. The van der Waals surface area contributed by atoms with Crippen molar-refractivity contribution in [1.29, 1.82) is 0 Å². The first-order valence-electron chi connectivity index (χ1n) is 8.68. The van der Waals surface area contributed by atoms with Crippen molar-refractivity contribution in [3.8, 4) is 0 Å². The normalized spacial score (nSPS) is 21.2. The maximum Gasteiger partial charge on any atom is 0.163 e. The number of carbonyl (C=O) groups is 1. The number of nitrogens with one attached hydrogen (secondary N) is 2. The minimum Gasteiger partial charge on any atom is -0.372 e. The summed E-state index contributed by atoms with van der Waals surface area (Å²) in [5.41, 5.74) is 4.22. The third-order valence-corrected chi connectivity index (χ3v) is 5.67. The van der Waals surface area contributed by atoms with Gasteiger partial charge in [0.1, 0.15) is 0 Å². The van der Waals surface area contributed by atoms with Crippen LogP contribution < -0.4 is 10.6 Å². The first-order valence-corrected chi connectivity index (χ1v) is 9.44. The van der Waals surface area contributed by atoms with E-state index in [0.29, 0.717) is 16.5 Å². The molecule has 0 aromatic heterocycles. The molecular formula is C21H20Cl2N2O.